The molecule has 4 aromatic rings. The molecule has 0 saturated carbocycles. The van der Waals surface area contributed by atoms with Crippen molar-refractivity contribution >= 4 is 5.91 Å². The summed E-state index contributed by atoms with van der Waals surface area (Å²) in [6, 6.07) is 17.8. The summed E-state index contributed by atoms with van der Waals surface area (Å²) in [4.78, 5) is 16.4. The Morgan fingerprint density at radius 1 is 1.13 bits per heavy atom. The maximum atomic E-state index is 13.9. The van der Waals surface area contributed by atoms with Gasteiger partial charge in [0, 0.05) is 30.9 Å². The van der Waals surface area contributed by atoms with Crippen LogP contribution in [-0.4, -0.2) is 15.5 Å². The number of amides is 1. The van der Waals surface area contributed by atoms with E-state index in [9.17, 15) is 9.18 Å². The quantitative estimate of drug-likeness (QED) is 0.468. The van der Waals surface area contributed by atoms with Crippen molar-refractivity contribution in [3.8, 4) is 17.0 Å². The molecule has 6 heteroatoms. The van der Waals surface area contributed by atoms with E-state index in [1.807, 2.05) is 42.0 Å². The zero-order valence-electron chi connectivity index (χ0n) is 16.6. The summed E-state index contributed by atoms with van der Waals surface area (Å²) >= 11 is 0. The Labute approximate surface area is 174 Å². The first-order valence-corrected chi connectivity index (χ1v) is 9.81. The molecule has 1 amide bonds. The summed E-state index contributed by atoms with van der Waals surface area (Å²) < 4.78 is 21.5. The van der Waals surface area contributed by atoms with Gasteiger partial charge in [0.25, 0.3) is 0 Å². The van der Waals surface area contributed by atoms with Gasteiger partial charge < -0.3 is 14.3 Å². The van der Waals surface area contributed by atoms with Gasteiger partial charge in [0.15, 0.2) is 0 Å². The Balaban J connectivity index is 1.31. The molecule has 4 rings (SSSR count). The van der Waals surface area contributed by atoms with E-state index in [1.165, 1.54) is 6.07 Å². The van der Waals surface area contributed by atoms with Gasteiger partial charge in [0.05, 0.1) is 17.9 Å². The fourth-order valence-corrected chi connectivity index (χ4v) is 3.30. The Morgan fingerprint density at radius 3 is 2.67 bits per heavy atom. The first-order chi connectivity index (χ1) is 14.6. The molecule has 0 aliphatic heterocycles. The molecule has 0 spiro atoms. The Hall–Kier alpha value is -3.67. The van der Waals surface area contributed by atoms with Crippen LogP contribution < -0.4 is 5.32 Å². The molecule has 5 nitrogen and oxygen atoms in total. The van der Waals surface area contributed by atoms with Crippen LogP contribution in [0.15, 0.2) is 83.8 Å². The van der Waals surface area contributed by atoms with Gasteiger partial charge in [-0.2, -0.15) is 0 Å². The molecular weight excluding hydrogens is 381 g/mol. The number of hydrogen-bond acceptors (Lipinski definition) is 3. The molecule has 2 heterocycles. The number of benzene rings is 2. The van der Waals surface area contributed by atoms with Gasteiger partial charge in [0.1, 0.15) is 17.3 Å². The van der Waals surface area contributed by atoms with Gasteiger partial charge in [-0.25, -0.2) is 9.37 Å². The third kappa shape index (κ3) is 4.49. The molecule has 0 radical (unpaired) electrons. The Morgan fingerprint density at radius 2 is 1.93 bits per heavy atom. The number of nitrogens with zero attached hydrogens (tertiary/aromatic N) is 2. The second-order valence-electron chi connectivity index (χ2n) is 7.10. The van der Waals surface area contributed by atoms with Crippen molar-refractivity contribution in [2.24, 2.45) is 0 Å². The highest BCUT2D eigenvalue weighted by Crippen LogP contribution is 2.25. The van der Waals surface area contributed by atoms with Gasteiger partial charge in [-0.1, -0.05) is 24.3 Å². The highest BCUT2D eigenvalue weighted by atomic mass is 19.1. The van der Waals surface area contributed by atoms with E-state index in [-0.39, 0.29) is 17.8 Å². The first-order valence-electron chi connectivity index (χ1n) is 9.81. The average molecular weight is 403 g/mol. The molecule has 30 heavy (non-hydrogen) atoms. The number of carbonyl (C=O) groups is 1. The van der Waals surface area contributed by atoms with E-state index < -0.39 is 0 Å². The van der Waals surface area contributed by atoms with E-state index in [4.69, 9.17) is 4.42 Å². The van der Waals surface area contributed by atoms with Crippen LogP contribution in [0.2, 0.25) is 0 Å². The molecule has 0 aliphatic carbocycles. The molecule has 1 atom stereocenters. The fourth-order valence-electron chi connectivity index (χ4n) is 3.30. The molecule has 0 aliphatic rings. The normalized spacial score (nSPS) is 11.9. The second-order valence-corrected chi connectivity index (χ2v) is 7.10. The lowest BCUT2D eigenvalue weighted by Gasteiger charge is -2.15. The third-order valence-electron chi connectivity index (χ3n) is 4.97. The fraction of sp³-hybridized carbons (Fsp3) is 0.167. The van der Waals surface area contributed by atoms with Crippen molar-refractivity contribution in [3.05, 3.63) is 96.5 Å². The summed E-state index contributed by atoms with van der Waals surface area (Å²) in [5.74, 6) is 0.727. The van der Waals surface area contributed by atoms with Crippen molar-refractivity contribution in [1.29, 1.82) is 0 Å². The number of aromatic nitrogens is 2. The number of aryl methyl sites for hydroxylation is 1. The number of furan rings is 1. The van der Waals surface area contributed by atoms with E-state index in [0.717, 1.165) is 11.3 Å². The van der Waals surface area contributed by atoms with Gasteiger partial charge in [-0.15, -0.1) is 0 Å². The van der Waals surface area contributed by atoms with E-state index in [0.29, 0.717) is 29.9 Å². The van der Waals surface area contributed by atoms with Crippen LogP contribution in [0.3, 0.4) is 0 Å². The van der Waals surface area contributed by atoms with Crippen LogP contribution in [0.25, 0.3) is 17.0 Å². The lowest BCUT2D eigenvalue weighted by atomic mass is 10.1. The highest BCUT2D eigenvalue weighted by molar-refractivity contribution is 5.76. The largest absolute Gasteiger partial charge is 0.461 e. The van der Waals surface area contributed by atoms with Gasteiger partial charge in [-0.3, -0.25) is 4.79 Å². The SMILES string of the molecule is C[C@H](NC(=O)CCc1ccc(-c2ccccc2F)o1)c1ccc(-n2ccnc2)cc1. The van der Waals surface area contributed by atoms with Crippen LogP contribution in [-0.2, 0) is 11.2 Å². The predicted molar refractivity (Wildman–Crippen MR) is 113 cm³/mol. The van der Waals surface area contributed by atoms with Crippen molar-refractivity contribution in [2.45, 2.75) is 25.8 Å². The maximum Gasteiger partial charge on any atom is 0.220 e. The zero-order valence-corrected chi connectivity index (χ0v) is 16.6. The molecule has 0 saturated heterocycles. The van der Waals surface area contributed by atoms with Crippen LogP contribution >= 0.6 is 0 Å². The smallest absolute Gasteiger partial charge is 0.220 e. The molecular formula is C24H22FN3O2. The predicted octanol–water partition coefficient (Wildman–Crippen LogP) is 5.08. The number of hydrogen-bond donors (Lipinski definition) is 1. The number of rotatable bonds is 7. The molecule has 0 unspecified atom stereocenters. The molecule has 0 bridgehead atoms. The topological polar surface area (TPSA) is 60.1 Å². The van der Waals surface area contributed by atoms with Crippen LogP contribution in [0.4, 0.5) is 4.39 Å². The zero-order chi connectivity index (χ0) is 20.9. The summed E-state index contributed by atoms with van der Waals surface area (Å²) in [7, 11) is 0. The van der Waals surface area contributed by atoms with Crippen molar-refractivity contribution in [3.63, 3.8) is 0 Å². The number of imidazole rings is 1. The summed E-state index contributed by atoms with van der Waals surface area (Å²) in [5.41, 5.74) is 2.45. The average Bonchev–Trinajstić information content (AvgIpc) is 3.45. The summed E-state index contributed by atoms with van der Waals surface area (Å²) in [6.07, 6.45) is 6.10. The van der Waals surface area contributed by atoms with Crippen molar-refractivity contribution in [1.82, 2.24) is 14.9 Å². The standard InChI is InChI=1S/C24H22FN3O2/c1-17(18-6-8-19(9-7-18)28-15-14-26-16-28)27-24(29)13-11-20-10-12-23(30-20)21-4-2-3-5-22(21)25/h2-10,12,14-17H,11,13H2,1H3,(H,27,29)/t17-/m0/s1. The van der Waals surface area contributed by atoms with Gasteiger partial charge in [-0.05, 0) is 48.9 Å². The Bertz CT molecular complexity index is 1120. The van der Waals surface area contributed by atoms with E-state index >= 15 is 0 Å². The number of halogens is 1. The lowest BCUT2D eigenvalue weighted by molar-refractivity contribution is -0.121. The Kier molecular flexibility index (Phi) is 5.75. The van der Waals surface area contributed by atoms with Gasteiger partial charge in [0.2, 0.25) is 5.91 Å². The minimum atomic E-state index is -0.330. The number of carbonyl (C=O) groups excluding carboxylic acids is 1. The first kappa shape index (κ1) is 19.6. The minimum Gasteiger partial charge on any atom is -0.461 e. The maximum absolute atomic E-state index is 13.9. The highest BCUT2D eigenvalue weighted by Gasteiger charge is 2.13. The second kappa shape index (κ2) is 8.78. The molecule has 2 aromatic heterocycles. The van der Waals surface area contributed by atoms with Crippen molar-refractivity contribution in [2.75, 3.05) is 0 Å². The third-order valence-corrected chi connectivity index (χ3v) is 4.97. The van der Waals surface area contributed by atoms with Crippen LogP contribution in [0.5, 0.6) is 0 Å². The molecule has 1 N–H and O–H groups in total. The van der Waals surface area contributed by atoms with Crippen LogP contribution in [0, 0.1) is 5.82 Å². The summed E-state index contributed by atoms with van der Waals surface area (Å²) in [5, 5.41) is 3.01. The minimum absolute atomic E-state index is 0.0648. The summed E-state index contributed by atoms with van der Waals surface area (Å²) in [6.45, 7) is 1.95. The molecule has 152 valence electrons. The lowest BCUT2D eigenvalue weighted by Crippen LogP contribution is -2.26. The monoisotopic (exact) mass is 403 g/mol. The van der Waals surface area contributed by atoms with Crippen molar-refractivity contribution < 1.29 is 13.6 Å². The molecule has 0 fully saturated rings. The van der Waals surface area contributed by atoms with Gasteiger partial charge >= 0.3 is 0 Å². The van der Waals surface area contributed by atoms with E-state index in [1.54, 1.807) is 42.9 Å². The number of nitrogens with one attached hydrogen (secondary N) is 1. The van der Waals surface area contributed by atoms with E-state index in [2.05, 4.69) is 10.3 Å². The molecule has 2 aromatic carbocycles. The van der Waals surface area contributed by atoms with Crippen LogP contribution in [0.1, 0.15) is 30.7 Å².